The molecule has 1 amide bonds. The molecule has 7 heteroatoms. The molecule has 0 saturated carbocycles. The lowest BCUT2D eigenvalue weighted by Crippen LogP contribution is -2.34. The number of benzene rings is 1. The normalized spacial score (nSPS) is 11.3. The highest BCUT2D eigenvalue weighted by molar-refractivity contribution is 7.22. The van der Waals surface area contributed by atoms with Crippen LogP contribution < -0.4 is 4.90 Å². The quantitative estimate of drug-likeness (QED) is 0.601. The molecule has 0 fully saturated rings. The van der Waals surface area contributed by atoms with Crippen LogP contribution in [0.3, 0.4) is 0 Å². The Bertz CT molecular complexity index is 947. The Morgan fingerprint density at radius 1 is 1.31 bits per heavy atom. The minimum Gasteiger partial charge on any atom is -0.286 e. The van der Waals surface area contributed by atoms with E-state index < -0.39 is 0 Å². The van der Waals surface area contributed by atoms with Gasteiger partial charge in [0.15, 0.2) is 5.13 Å². The molecule has 0 aliphatic carbocycles. The zero-order valence-corrected chi connectivity index (χ0v) is 17.1. The van der Waals surface area contributed by atoms with Crippen molar-refractivity contribution in [2.24, 2.45) is 0 Å². The fourth-order valence-electron chi connectivity index (χ4n) is 2.98. The van der Waals surface area contributed by atoms with Gasteiger partial charge in [0.05, 0.1) is 22.5 Å². The van der Waals surface area contributed by atoms with E-state index in [1.165, 1.54) is 11.3 Å². The molecule has 0 spiro atoms. The summed E-state index contributed by atoms with van der Waals surface area (Å²) in [6.07, 6.45) is 1.32. The highest BCUT2D eigenvalue weighted by atomic mass is 35.5. The van der Waals surface area contributed by atoms with Gasteiger partial charge in [0, 0.05) is 23.7 Å². The number of carbonyl (C=O) groups excluding carboxylic acids is 1. The predicted octanol–water partition coefficient (Wildman–Crippen LogP) is 4.90. The maximum absolute atomic E-state index is 12.7. The van der Waals surface area contributed by atoms with Gasteiger partial charge in [-0.05, 0) is 51.0 Å². The first-order valence-electron chi connectivity index (χ1n) is 8.77. The zero-order valence-electron chi connectivity index (χ0n) is 15.5. The molecule has 0 unspecified atom stereocenters. The number of aromatic nitrogens is 3. The van der Waals surface area contributed by atoms with Gasteiger partial charge >= 0.3 is 0 Å². The van der Waals surface area contributed by atoms with Gasteiger partial charge in [0.2, 0.25) is 5.91 Å². The van der Waals surface area contributed by atoms with E-state index in [1.807, 2.05) is 50.6 Å². The fourth-order valence-corrected chi connectivity index (χ4v) is 4.20. The van der Waals surface area contributed by atoms with Crippen LogP contribution in [0, 0.1) is 20.8 Å². The molecular weight excluding hydrogens is 368 g/mol. The van der Waals surface area contributed by atoms with Crippen molar-refractivity contribution < 1.29 is 4.79 Å². The average Bonchev–Trinajstić information content (AvgIpc) is 3.15. The molecule has 26 heavy (non-hydrogen) atoms. The number of rotatable bonds is 6. The van der Waals surface area contributed by atoms with Crippen LogP contribution >= 0.6 is 22.9 Å². The first-order valence-corrected chi connectivity index (χ1v) is 9.97. The average molecular weight is 391 g/mol. The highest BCUT2D eigenvalue weighted by Crippen LogP contribution is 2.33. The van der Waals surface area contributed by atoms with Gasteiger partial charge in [-0.25, -0.2) is 4.98 Å². The van der Waals surface area contributed by atoms with Crippen molar-refractivity contribution in [3.8, 4) is 0 Å². The standard InChI is InChI=1S/C19H23ClN4OS/c1-5-6-17(25)23(9-10-24-13(3)11-12(2)22-24)19-21-18-14(4)15(20)7-8-16(18)26-19/h7-8,11H,5-6,9-10H2,1-4H3. The van der Waals surface area contributed by atoms with Gasteiger partial charge in [-0.1, -0.05) is 29.9 Å². The number of amides is 1. The van der Waals surface area contributed by atoms with Gasteiger partial charge in [-0.2, -0.15) is 5.10 Å². The minimum atomic E-state index is 0.0943. The summed E-state index contributed by atoms with van der Waals surface area (Å²) in [6, 6.07) is 5.89. The second-order valence-electron chi connectivity index (χ2n) is 6.46. The van der Waals surface area contributed by atoms with E-state index in [0.29, 0.717) is 24.5 Å². The molecule has 2 heterocycles. The smallest absolute Gasteiger partial charge is 0.228 e. The number of halogens is 1. The molecule has 2 aromatic heterocycles. The first kappa shape index (κ1) is 18.9. The number of carbonyl (C=O) groups is 1. The van der Waals surface area contributed by atoms with Crippen LogP contribution in [0.2, 0.25) is 5.02 Å². The van der Waals surface area contributed by atoms with Gasteiger partial charge in [0.25, 0.3) is 0 Å². The molecule has 3 aromatic rings. The largest absolute Gasteiger partial charge is 0.286 e. The highest BCUT2D eigenvalue weighted by Gasteiger charge is 2.20. The summed E-state index contributed by atoms with van der Waals surface area (Å²) in [6.45, 7) is 9.17. The predicted molar refractivity (Wildman–Crippen MR) is 108 cm³/mol. The third-order valence-electron chi connectivity index (χ3n) is 4.37. The van der Waals surface area contributed by atoms with E-state index >= 15 is 0 Å². The van der Waals surface area contributed by atoms with Crippen molar-refractivity contribution in [3.05, 3.63) is 40.2 Å². The first-order chi connectivity index (χ1) is 12.4. The molecule has 3 rings (SSSR count). The fraction of sp³-hybridized carbons (Fsp3) is 0.421. The summed E-state index contributed by atoms with van der Waals surface area (Å²) in [5, 5.41) is 5.92. The van der Waals surface area contributed by atoms with E-state index in [4.69, 9.17) is 16.6 Å². The maximum Gasteiger partial charge on any atom is 0.228 e. The topological polar surface area (TPSA) is 51.0 Å². The Morgan fingerprint density at radius 2 is 2.08 bits per heavy atom. The molecule has 0 radical (unpaired) electrons. The molecule has 0 atom stereocenters. The summed E-state index contributed by atoms with van der Waals surface area (Å²) in [7, 11) is 0. The van der Waals surface area contributed by atoms with Gasteiger partial charge in [-0.3, -0.25) is 14.4 Å². The van der Waals surface area contributed by atoms with Crippen molar-refractivity contribution >= 4 is 44.2 Å². The third kappa shape index (κ3) is 3.76. The third-order valence-corrected chi connectivity index (χ3v) is 5.82. The van der Waals surface area contributed by atoms with Gasteiger partial charge < -0.3 is 0 Å². The Hall–Kier alpha value is -1.92. The Labute approximate surface area is 162 Å². The van der Waals surface area contributed by atoms with E-state index in [-0.39, 0.29) is 5.91 Å². The number of aryl methyl sites for hydroxylation is 3. The molecule has 0 aliphatic rings. The number of hydrogen-bond donors (Lipinski definition) is 0. The van der Waals surface area contributed by atoms with Crippen molar-refractivity contribution in [3.63, 3.8) is 0 Å². The molecule has 138 valence electrons. The van der Waals surface area contributed by atoms with Crippen LogP contribution in [0.1, 0.15) is 36.7 Å². The van der Waals surface area contributed by atoms with Crippen LogP contribution in [0.25, 0.3) is 10.2 Å². The summed E-state index contributed by atoms with van der Waals surface area (Å²) in [5.74, 6) is 0.0943. The molecular formula is C19H23ClN4OS. The van der Waals surface area contributed by atoms with Crippen LogP contribution in [0.15, 0.2) is 18.2 Å². The Morgan fingerprint density at radius 3 is 2.73 bits per heavy atom. The Kier molecular flexibility index (Phi) is 5.63. The van der Waals surface area contributed by atoms with E-state index in [0.717, 1.165) is 38.7 Å². The lowest BCUT2D eigenvalue weighted by Gasteiger charge is -2.20. The van der Waals surface area contributed by atoms with Crippen molar-refractivity contribution in [2.75, 3.05) is 11.4 Å². The van der Waals surface area contributed by atoms with E-state index in [1.54, 1.807) is 4.90 Å². The number of hydrogen-bond acceptors (Lipinski definition) is 4. The number of anilines is 1. The molecule has 0 N–H and O–H groups in total. The van der Waals surface area contributed by atoms with E-state index in [9.17, 15) is 4.79 Å². The van der Waals surface area contributed by atoms with Crippen molar-refractivity contribution in [1.82, 2.24) is 14.8 Å². The summed E-state index contributed by atoms with van der Waals surface area (Å²) < 4.78 is 2.99. The van der Waals surface area contributed by atoms with Crippen molar-refractivity contribution in [1.29, 1.82) is 0 Å². The molecule has 1 aromatic carbocycles. The summed E-state index contributed by atoms with van der Waals surface area (Å²) >= 11 is 7.75. The Balaban J connectivity index is 1.92. The van der Waals surface area contributed by atoms with Crippen LogP contribution in [0.4, 0.5) is 5.13 Å². The SMILES string of the molecule is CCCC(=O)N(CCn1nc(C)cc1C)c1nc2c(C)c(Cl)ccc2s1. The van der Waals surface area contributed by atoms with Crippen molar-refractivity contribution in [2.45, 2.75) is 47.1 Å². The van der Waals surface area contributed by atoms with Crippen LogP contribution in [0.5, 0.6) is 0 Å². The lowest BCUT2D eigenvalue weighted by atomic mass is 10.2. The summed E-state index contributed by atoms with van der Waals surface area (Å²) in [5.41, 5.74) is 3.91. The monoisotopic (exact) mass is 390 g/mol. The van der Waals surface area contributed by atoms with E-state index in [2.05, 4.69) is 5.10 Å². The van der Waals surface area contributed by atoms with Gasteiger partial charge in [-0.15, -0.1) is 0 Å². The zero-order chi connectivity index (χ0) is 18.8. The van der Waals surface area contributed by atoms with Crippen LogP contribution in [-0.2, 0) is 11.3 Å². The lowest BCUT2D eigenvalue weighted by molar-refractivity contribution is -0.118. The molecule has 0 aliphatic heterocycles. The number of thiazole rings is 1. The second kappa shape index (κ2) is 7.76. The summed E-state index contributed by atoms with van der Waals surface area (Å²) in [4.78, 5) is 19.2. The molecule has 0 saturated heterocycles. The number of nitrogens with zero attached hydrogens (tertiary/aromatic N) is 4. The maximum atomic E-state index is 12.7. The second-order valence-corrected chi connectivity index (χ2v) is 7.88. The number of fused-ring (bicyclic) bond motifs is 1. The van der Waals surface area contributed by atoms with Crippen LogP contribution in [-0.4, -0.2) is 27.2 Å². The minimum absolute atomic E-state index is 0.0943. The molecule has 0 bridgehead atoms. The molecule has 5 nitrogen and oxygen atoms in total. The van der Waals surface area contributed by atoms with Gasteiger partial charge in [0.1, 0.15) is 0 Å².